The standard InChI is InChI=1S/C25H23B2F2N7O10P2/c26-47(39)42-7-13-20(17(29)25(44-13)36-9-33-18-22(36)31-8-32-23(18)38)46-48(27,40)41-6-12-19(45-47)16(28)24(43-12)35-5-10-1-2-14(37)34-11-3-4-30-21(35)15(10)11/h3-5,8-9,12-13,16-17,19-20,24-25H,1-2,6-7H2,(H,34,37)(H,31,32,38)/t12-,13-,16+,17?,19?,20+,24-,25-,47?,48?/m1/s1. The SMILES string of the molecule is [B]P1(=O)OC[C@H]2O[C@@H](n3cnc4c(=O)[nH]cnc43)C(F)[C@H]2OP([B])(=O)OC[C@H]2O[C@@H](n3cc4c5c(ccnc53)NC(=O)CC4)[C@@H](F)C2O1. The predicted octanol–water partition coefficient (Wildman–Crippen LogP) is 1.90. The third-order valence-corrected chi connectivity index (χ3v) is 10.6. The van der Waals surface area contributed by atoms with Crippen molar-refractivity contribution in [1.82, 2.24) is 29.1 Å². The summed E-state index contributed by atoms with van der Waals surface area (Å²) >= 11 is 0. The minimum absolute atomic E-state index is 0.0332. The van der Waals surface area contributed by atoms with Crippen LogP contribution in [0.25, 0.3) is 22.2 Å². The molecule has 4 aliphatic heterocycles. The van der Waals surface area contributed by atoms with E-state index in [2.05, 4.69) is 25.3 Å². The number of aromatic nitrogens is 6. The van der Waals surface area contributed by atoms with E-state index in [1.807, 2.05) is 0 Å². The topological polar surface area (TPSA) is 200 Å². The Morgan fingerprint density at radius 3 is 2.19 bits per heavy atom. The van der Waals surface area contributed by atoms with Crippen LogP contribution in [0.15, 0.2) is 35.9 Å². The van der Waals surface area contributed by atoms with Crippen molar-refractivity contribution < 1.29 is 50.3 Å². The number of hydrogen-bond acceptors (Lipinski definition) is 13. The normalized spacial score (nSPS) is 37.3. The Labute approximate surface area is 270 Å². The molecule has 4 aromatic rings. The van der Waals surface area contributed by atoms with Gasteiger partial charge in [-0.25, -0.2) is 23.7 Å². The largest absolute Gasteiger partial charge is 0.346 e. The van der Waals surface area contributed by atoms with Crippen molar-refractivity contribution in [3.8, 4) is 0 Å². The molecule has 0 aliphatic carbocycles. The average molecular weight is 703 g/mol. The van der Waals surface area contributed by atoms with Crippen molar-refractivity contribution in [3.05, 3.63) is 47.0 Å². The van der Waals surface area contributed by atoms with Crippen LogP contribution in [-0.2, 0) is 47.9 Å². The third-order valence-electron chi connectivity index (χ3n) is 8.51. The molecule has 0 aromatic carbocycles. The van der Waals surface area contributed by atoms with Crippen molar-refractivity contribution in [2.45, 2.75) is 62.1 Å². The number of carbonyl (C=O) groups is 1. The van der Waals surface area contributed by atoms with E-state index >= 15 is 8.78 Å². The molecule has 3 fully saturated rings. The van der Waals surface area contributed by atoms with E-state index in [-0.39, 0.29) is 29.1 Å². The summed E-state index contributed by atoms with van der Waals surface area (Å²) in [7, 11) is 2.48. The smallest absolute Gasteiger partial charge is 0.278 e. The number of H-pyrrole nitrogens is 1. The Kier molecular flexibility index (Phi) is 7.76. The van der Waals surface area contributed by atoms with Crippen LogP contribution < -0.4 is 10.9 Å². The molecule has 4 aromatic heterocycles. The van der Waals surface area contributed by atoms with Gasteiger partial charge in [-0.1, -0.05) is 0 Å². The van der Waals surface area contributed by atoms with E-state index in [1.54, 1.807) is 12.3 Å². The van der Waals surface area contributed by atoms with Crippen LogP contribution in [0.3, 0.4) is 0 Å². The van der Waals surface area contributed by atoms with Gasteiger partial charge in [0.2, 0.25) is 21.0 Å². The highest BCUT2D eigenvalue weighted by molar-refractivity contribution is 7.79. The first kappa shape index (κ1) is 32.0. The molecule has 17 nitrogen and oxygen atoms in total. The van der Waals surface area contributed by atoms with Crippen molar-refractivity contribution in [1.29, 1.82) is 0 Å². The van der Waals surface area contributed by atoms with Gasteiger partial charge in [-0.05, 0) is 18.1 Å². The number of rotatable bonds is 2. The fraction of sp³-hybridized carbons (Fsp3) is 0.480. The van der Waals surface area contributed by atoms with Crippen LogP contribution in [0.5, 0.6) is 0 Å². The number of pyridine rings is 1. The first-order chi connectivity index (χ1) is 22.9. The van der Waals surface area contributed by atoms with E-state index in [1.165, 1.54) is 10.8 Å². The number of ether oxygens (including phenoxy) is 2. The summed E-state index contributed by atoms with van der Waals surface area (Å²) in [6, 6.07) is 1.62. The molecule has 4 aliphatic rings. The zero-order valence-electron chi connectivity index (χ0n) is 24.5. The van der Waals surface area contributed by atoms with Gasteiger partial charge < -0.3 is 42.4 Å². The number of nitrogens with zero attached hydrogens (tertiary/aromatic N) is 5. The van der Waals surface area contributed by atoms with Crippen LogP contribution >= 0.6 is 14.9 Å². The molecular formula is C25H23B2F2N7O10P2. The fourth-order valence-electron chi connectivity index (χ4n) is 6.37. The van der Waals surface area contributed by atoms with Gasteiger partial charge in [-0.15, -0.1) is 0 Å². The van der Waals surface area contributed by atoms with Gasteiger partial charge in [0.25, 0.3) is 20.5 Å². The number of anilines is 1. The molecule has 248 valence electrons. The molecule has 48 heavy (non-hydrogen) atoms. The Morgan fingerprint density at radius 2 is 1.52 bits per heavy atom. The molecule has 23 heteroatoms. The maximum Gasteiger partial charge on any atom is 0.278 e. The summed E-state index contributed by atoms with van der Waals surface area (Å²) < 4.78 is 94.9. The van der Waals surface area contributed by atoms with Gasteiger partial charge in [0.15, 0.2) is 36.0 Å². The highest BCUT2D eigenvalue weighted by Gasteiger charge is 2.53. The first-order valence-corrected chi connectivity index (χ1v) is 17.8. The quantitative estimate of drug-likeness (QED) is 0.227. The number of hydrogen-bond donors (Lipinski definition) is 2. The molecule has 2 N–H and O–H groups in total. The minimum atomic E-state index is -4.64. The number of amides is 1. The number of aromatic amines is 1. The zero-order chi connectivity index (χ0) is 33.5. The molecular weight excluding hydrogens is 680 g/mol. The van der Waals surface area contributed by atoms with Crippen LogP contribution in [0, 0.1) is 0 Å². The molecule has 3 saturated heterocycles. The summed E-state index contributed by atoms with van der Waals surface area (Å²) in [5, 5.41) is 3.39. The average Bonchev–Trinajstić information content (AvgIpc) is 3.75. The lowest BCUT2D eigenvalue weighted by Gasteiger charge is -2.29. The Balaban J connectivity index is 1.08. The lowest BCUT2D eigenvalue weighted by atomic mass is 10.1. The van der Waals surface area contributed by atoms with Crippen molar-refractivity contribution in [2.24, 2.45) is 0 Å². The van der Waals surface area contributed by atoms with Crippen molar-refractivity contribution in [2.75, 3.05) is 18.5 Å². The van der Waals surface area contributed by atoms with Crippen LogP contribution in [0.1, 0.15) is 24.4 Å². The van der Waals surface area contributed by atoms with Gasteiger partial charge >= 0.3 is 0 Å². The second-order valence-electron chi connectivity index (χ2n) is 11.6. The monoisotopic (exact) mass is 703 g/mol. The number of imidazole rings is 1. The maximum absolute atomic E-state index is 16.3. The van der Waals surface area contributed by atoms with E-state index < -0.39 is 82.9 Å². The fourth-order valence-corrected chi connectivity index (χ4v) is 8.38. The second kappa shape index (κ2) is 11.7. The molecule has 0 saturated carbocycles. The Morgan fingerprint density at radius 1 is 0.875 bits per heavy atom. The van der Waals surface area contributed by atoms with Crippen LogP contribution in [0.4, 0.5) is 14.5 Å². The summed E-state index contributed by atoms with van der Waals surface area (Å²) in [6.07, 6.45) is -7.75. The van der Waals surface area contributed by atoms with Gasteiger partial charge in [0.1, 0.15) is 30.1 Å². The van der Waals surface area contributed by atoms with Crippen molar-refractivity contribution >= 4 is 63.9 Å². The predicted molar refractivity (Wildman–Crippen MR) is 161 cm³/mol. The molecule has 1 amide bonds. The lowest BCUT2D eigenvalue weighted by Crippen LogP contribution is -2.37. The molecule has 8 heterocycles. The number of alkyl halides is 2. The second-order valence-corrected chi connectivity index (χ2v) is 14.7. The minimum Gasteiger partial charge on any atom is -0.346 e. The number of halogens is 2. The molecule has 4 unspecified atom stereocenters. The van der Waals surface area contributed by atoms with Gasteiger partial charge in [-0.3, -0.25) is 23.3 Å². The van der Waals surface area contributed by atoms with Gasteiger partial charge in [0.05, 0.1) is 31.6 Å². The highest BCUT2D eigenvalue weighted by Crippen LogP contribution is 2.54. The zero-order valence-corrected chi connectivity index (χ0v) is 26.2. The van der Waals surface area contributed by atoms with Crippen LogP contribution in [0.2, 0.25) is 0 Å². The third kappa shape index (κ3) is 5.46. The number of fused-ring (bicyclic) bond motifs is 3. The number of aryl methyl sites for hydroxylation is 1. The van der Waals surface area contributed by atoms with E-state index in [0.717, 1.165) is 17.2 Å². The van der Waals surface area contributed by atoms with E-state index in [9.17, 15) is 18.7 Å². The number of nitrogens with one attached hydrogen (secondary N) is 2. The van der Waals surface area contributed by atoms with E-state index in [0.29, 0.717) is 23.1 Å². The number of carbonyl (C=O) groups excluding carboxylic acids is 1. The molecule has 0 spiro atoms. The first-order valence-electron chi connectivity index (χ1n) is 14.6. The summed E-state index contributed by atoms with van der Waals surface area (Å²) in [6.45, 7) is -1.48. The van der Waals surface area contributed by atoms with Gasteiger partial charge in [-0.2, -0.15) is 0 Å². The van der Waals surface area contributed by atoms with Crippen LogP contribution in [-0.4, -0.2) is 100 Å². The Bertz CT molecular complexity index is 2100. The Hall–Kier alpha value is -3.28. The highest BCUT2D eigenvalue weighted by atomic mass is 31.2. The lowest BCUT2D eigenvalue weighted by molar-refractivity contribution is -0.116. The summed E-state index contributed by atoms with van der Waals surface area (Å²) in [5.41, 5.74) is 0.752. The molecule has 8 rings (SSSR count). The summed E-state index contributed by atoms with van der Waals surface area (Å²) in [5.74, 6) is -0.186. The van der Waals surface area contributed by atoms with E-state index in [4.69, 9.17) is 42.7 Å². The maximum atomic E-state index is 16.3. The molecule has 10 atom stereocenters. The molecule has 4 radical (unpaired) electrons. The summed E-state index contributed by atoms with van der Waals surface area (Å²) in [4.78, 5) is 38.9. The molecule has 0 bridgehead atoms. The van der Waals surface area contributed by atoms with Crippen molar-refractivity contribution in [3.63, 3.8) is 0 Å². The van der Waals surface area contributed by atoms with Gasteiger partial charge in [0, 0.05) is 24.2 Å².